The molecule has 70 valence electrons. The summed E-state index contributed by atoms with van der Waals surface area (Å²) in [4.78, 5) is 4.33. The SMILES string of the molecule is CSc1nc2ccnn2c(C)c1C#N. The lowest BCUT2D eigenvalue weighted by atomic mass is 10.3. The number of nitriles is 1. The van der Waals surface area contributed by atoms with Gasteiger partial charge in [0.25, 0.3) is 0 Å². The molecule has 0 aliphatic carbocycles. The van der Waals surface area contributed by atoms with Gasteiger partial charge in [-0.1, -0.05) is 0 Å². The molecule has 0 unspecified atom stereocenters. The first kappa shape index (κ1) is 9.03. The molecule has 0 N–H and O–H groups in total. The maximum absolute atomic E-state index is 8.98. The van der Waals surface area contributed by atoms with Crippen molar-refractivity contribution in [1.82, 2.24) is 14.6 Å². The van der Waals surface area contributed by atoms with Gasteiger partial charge in [-0.05, 0) is 13.2 Å². The van der Waals surface area contributed by atoms with Crippen molar-refractivity contribution < 1.29 is 0 Å². The predicted octanol–water partition coefficient (Wildman–Crippen LogP) is 1.63. The fourth-order valence-electron chi connectivity index (χ4n) is 1.34. The van der Waals surface area contributed by atoms with Crippen LogP contribution < -0.4 is 0 Å². The fraction of sp³-hybridized carbons (Fsp3) is 0.222. The van der Waals surface area contributed by atoms with Gasteiger partial charge in [0.05, 0.1) is 11.9 Å². The number of hydrogen-bond acceptors (Lipinski definition) is 4. The van der Waals surface area contributed by atoms with E-state index in [1.54, 1.807) is 10.7 Å². The van der Waals surface area contributed by atoms with Crippen LogP contribution in [0.2, 0.25) is 0 Å². The molecule has 0 saturated carbocycles. The zero-order valence-electron chi connectivity index (χ0n) is 7.85. The van der Waals surface area contributed by atoms with Crippen LogP contribution in [0.3, 0.4) is 0 Å². The number of aryl methyl sites for hydroxylation is 1. The van der Waals surface area contributed by atoms with Crippen LogP contribution in [0.15, 0.2) is 17.3 Å². The normalized spacial score (nSPS) is 10.4. The maximum Gasteiger partial charge on any atom is 0.156 e. The number of hydrogen-bond donors (Lipinski definition) is 0. The Morgan fingerprint density at radius 1 is 1.57 bits per heavy atom. The third-order valence-electron chi connectivity index (χ3n) is 2.04. The van der Waals surface area contributed by atoms with E-state index in [1.165, 1.54) is 11.8 Å². The minimum absolute atomic E-state index is 0.605. The molecule has 0 aromatic carbocycles. The van der Waals surface area contributed by atoms with Crippen LogP contribution in [0.5, 0.6) is 0 Å². The van der Waals surface area contributed by atoms with Crippen LogP contribution in [-0.2, 0) is 0 Å². The summed E-state index contributed by atoms with van der Waals surface area (Å²) in [5, 5.41) is 13.8. The summed E-state index contributed by atoms with van der Waals surface area (Å²) < 4.78 is 1.68. The average Bonchev–Trinajstić information content (AvgIpc) is 2.65. The van der Waals surface area contributed by atoms with Crippen molar-refractivity contribution in [3.8, 4) is 6.07 Å². The van der Waals surface area contributed by atoms with Gasteiger partial charge in [0.15, 0.2) is 5.65 Å². The predicted molar refractivity (Wildman–Crippen MR) is 54.2 cm³/mol. The minimum Gasteiger partial charge on any atom is -0.221 e. The van der Waals surface area contributed by atoms with Gasteiger partial charge in [-0.3, -0.25) is 0 Å². The summed E-state index contributed by atoms with van der Waals surface area (Å²) in [6.45, 7) is 1.87. The van der Waals surface area contributed by atoms with Crippen LogP contribution in [0.4, 0.5) is 0 Å². The van der Waals surface area contributed by atoms with E-state index in [9.17, 15) is 0 Å². The average molecular weight is 204 g/mol. The Labute approximate surface area is 85.6 Å². The Bertz CT molecular complexity index is 523. The number of fused-ring (bicyclic) bond motifs is 1. The van der Waals surface area contributed by atoms with Gasteiger partial charge in [-0.15, -0.1) is 11.8 Å². The first-order chi connectivity index (χ1) is 6.77. The summed E-state index contributed by atoms with van der Waals surface area (Å²) in [5.74, 6) is 0. The number of rotatable bonds is 1. The fourth-order valence-corrected chi connectivity index (χ4v) is 1.92. The van der Waals surface area contributed by atoms with E-state index >= 15 is 0 Å². The molecule has 0 amide bonds. The van der Waals surface area contributed by atoms with Crippen LogP contribution in [0.1, 0.15) is 11.3 Å². The third-order valence-corrected chi connectivity index (χ3v) is 2.72. The number of nitrogens with zero attached hydrogens (tertiary/aromatic N) is 4. The lowest BCUT2D eigenvalue weighted by molar-refractivity contribution is 0.864. The highest BCUT2D eigenvalue weighted by atomic mass is 32.2. The van der Waals surface area contributed by atoms with E-state index in [1.807, 2.05) is 19.2 Å². The number of aromatic nitrogens is 3. The molecule has 0 aliphatic rings. The monoisotopic (exact) mass is 204 g/mol. The summed E-state index contributed by atoms with van der Waals surface area (Å²) in [6.07, 6.45) is 3.59. The quantitative estimate of drug-likeness (QED) is 0.523. The summed E-state index contributed by atoms with van der Waals surface area (Å²) in [5.41, 5.74) is 2.23. The second-order valence-electron chi connectivity index (χ2n) is 2.79. The lowest BCUT2D eigenvalue weighted by Gasteiger charge is -2.04. The Hall–Kier alpha value is -1.54. The highest BCUT2D eigenvalue weighted by Crippen LogP contribution is 2.21. The highest BCUT2D eigenvalue weighted by molar-refractivity contribution is 7.98. The van der Waals surface area contributed by atoms with E-state index in [0.29, 0.717) is 5.56 Å². The molecule has 0 spiro atoms. The maximum atomic E-state index is 8.98. The zero-order valence-corrected chi connectivity index (χ0v) is 8.67. The van der Waals surface area contributed by atoms with Gasteiger partial charge in [0.1, 0.15) is 16.7 Å². The van der Waals surface area contributed by atoms with Crippen LogP contribution in [0.25, 0.3) is 5.65 Å². The molecule has 2 aromatic heterocycles. The van der Waals surface area contributed by atoms with Crippen molar-refractivity contribution in [2.24, 2.45) is 0 Å². The number of thioether (sulfide) groups is 1. The topological polar surface area (TPSA) is 54.0 Å². The molecule has 4 nitrogen and oxygen atoms in total. The van der Waals surface area contributed by atoms with E-state index < -0.39 is 0 Å². The van der Waals surface area contributed by atoms with Gasteiger partial charge < -0.3 is 0 Å². The van der Waals surface area contributed by atoms with Gasteiger partial charge in [0.2, 0.25) is 0 Å². The molecule has 0 atom stereocenters. The molecule has 0 fully saturated rings. The summed E-state index contributed by atoms with van der Waals surface area (Å²) in [6, 6.07) is 3.98. The molecule has 5 heteroatoms. The largest absolute Gasteiger partial charge is 0.221 e. The third kappa shape index (κ3) is 1.16. The first-order valence-electron chi connectivity index (χ1n) is 4.06. The van der Waals surface area contributed by atoms with Crippen LogP contribution in [0, 0.1) is 18.3 Å². The van der Waals surface area contributed by atoms with E-state index in [4.69, 9.17) is 5.26 Å². The van der Waals surface area contributed by atoms with Gasteiger partial charge in [-0.25, -0.2) is 9.50 Å². The summed E-state index contributed by atoms with van der Waals surface area (Å²) >= 11 is 1.48. The molecule has 0 aliphatic heterocycles. The Morgan fingerprint density at radius 2 is 2.36 bits per heavy atom. The second kappa shape index (κ2) is 3.31. The minimum atomic E-state index is 0.605. The standard InChI is InChI=1S/C9H8N4S/c1-6-7(5-10)9(14-2)12-8-3-4-11-13(6)8/h3-4H,1-2H3. The molecular formula is C9H8N4S. The van der Waals surface area contributed by atoms with Gasteiger partial charge >= 0.3 is 0 Å². The van der Waals surface area contributed by atoms with Crippen LogP contribution in [-0.4, -0.2) is 20.9 Å². The van der Waals surface area contributed by atoms with Gasteiger partial charge in [0, 0.05) is 6.07 Å². The lowest BCUT2D eigenvalue weighted by Crippen LogP contribution is -2.01. The van der Waals surface area contributed by atoms with Crippen molar-refractivity contribution >= 4 is 17.4 Å². The molecule has 14 heavy (non-hydrogen) atoms. The van der Waals surface area contributed by atoms with Crippen molar-refractivity contribution in [1.29, 1.82) is 5.26 Å². The van der Waals surface area contributed by atoms with Crippen molar-refractivity contribution in [3.05, 3.63) is 23.5 Å². The van der Waals surface area contributed by atoms with E-state index in [0.717, 1.165) is 16.4 Å². The van der Waals surface area contributed by atoms with Crippen molar-refractivity contribution in [2.75, 3.05) is 6.26 Å². The van der Waals surface area contributed by atoms with E-state index in [-0.39, 0.29) is 0 Å². The molecule has 2 rings (SSSR count). The van der Waals surface area contributed by atoms with Crippen molar-refractivity contribution in [2.45, 2.75) is 11.9 Å². The zero-order chi connectivity index (χ0) is 10.1. The second-order valence-corrected chi connectivity index (χ2v) is 3.59. The van der Waals surface area contributed by atoms with Crippen LogP contribution >= 0.6 is 11.8 Å². The smallest absolute Gasteiger partial charge is 0.156 e. The van der Waals surface area contributed by atoms with Crippen molar-refractivity contribution in [3.63, 3.8) is 0 Å². The Balaban J connectivity index is 2.88. The molecule has 2 heterocycles. The molecule has 0 saturated heterocycles. The molecule has 0 bridgehead atoms. The summed E-state index contributed by atoms with van der Waals surface area (Å²) in [7, 11) is 0. The van der Waals surface area contributed by atoms with Gasteiger partial charge in [-0.2, -0.15) is 10.4 Å². The molecule has 2 aromatic rings. The molecule has 0 radical (unpaired) electrons. The Morgan fingerprint density at radius 3 is 3.00 bits per heavy atom. The molecular weight excluding hydrogens is 196 g/mol. The highest BCUT2D eigenvalue weighted by Gasteiger charge is 2.10. The van der Waals surface area contributed by atoms with E-state index in [2.05, 4.69) is 16.2 Å². The first-order valence-corrected chi connectivity index (χ1v) is 5.29. The Kier molecular flexibility index (Phi) is 2.14.